The van der Waals surface area contributed by atoms with Crippen LogP contribution in [0.4, 0.5) is 0 Å². The molecule has 0 saturated heterocycles. The standard InChI is InChI=1S/C20H16ClN3O4S/c1-28-10-9-23-17-14(21)7-4-8-15(17)29-20(23)22-16(25)11-24-18(26)12-5-2-3-6-13(12)19(24)27/h2-8H,9-11H2,1H3. The Balaban J connectivity index is 1.67. The Morgan fingerprint density at radius 3 is 2.45 bits per heavy atom. The smallest absolute Gasteiger partial charge is 0.268 e. The average Bonchev–Trinajstić information content (AvgIpc) is 3.18. The number of hydrogen-bond acceptors (Lipinski definition) is 5. The molecule has 4 rings (SSSR count). The molecule has 3 amide bonds. The van der Waals surface area contributed by atoms with Crippen molar-refractivity contribution >= 4 is 50.9 Å². The molecule has 0 saturated carbocycles. The van der Waals surface area contributed by atoms with Gasteiger partial charge in [0.2, 0.25) is 0 Å². The van der Waals surface area contributed by atoms with Gasteiger partial charge in [-0.05, 0) is 24.3 Å². The van der Waals surface area contributed by atoms with Gasteiger partial charge in [0, 0.05) is 13.7 Å². The Labute approximate surface area is 174 Å². The fourth-order valence-corrected chi connectivity index (χ4v) is 4.66. The number of thiazole rings is 1. The van der Waals surface area contributed by atoms with Crippen LogP contribution >= 0.6 is 22.9 Å². The second kappa shape index (κ2) is 7.90. The zero-order valence-corrected chi connectivity index (χ0v) is 17.0. The lowest BCUT2D eigenvalue weighted by molar-refractivity contribution is -0.118. The van der Waals surface area contributed by atoms with Crippen LogP contribution in [0.5, 0.6) is 0 Å². The molecule has 148 valence electrons. The number of ether oxygens (including phenoxy) is 1. The van der Waals surface area contributed by atoms with E-state index in [0.29, 0.717) is 34.1 Å². The Morgan fingerprint density at radius 2 is 1.79 bits per heavy atom. The van der Waals surface area contributed by atoms with Crippen LogP contribution in [0.25, 0.3) is 10.2 Å². The van der Waals surface area contributed by atoms with Crippen molar-refractivity contribution in [2.24, 2.45) is 4.99 Å². The highest BCUT2D eigenvalue weighted by atomic mass is 35.5. The van der Waals surface area contributed by atoms with E-state index in [-0.39, 0.29) is 0 Å². The van der Waals surface area contributed by atoms with Gasteiger partial charge in [-0.25, -0.2) is 0 Å². The summed E-state index contributed by atoms with van der Waals surface area (Å²) in [5.74, 6) is -1.56. The van der Waals surface area contributed by atoms with Crippen LogP contribution in [0.2, 0.25) is 5.02 Å². The molecule has 0 atom stereocenters. The minimum absolute atomic E-state index is 0.300. The number of benzene rings is 2. The number of methoxy groups -OCH3 is 1. The summed E-state index contributed by atoms with van der Waals surface area (Å²) in [5, 5.41) is 0.545. The van der Waals surface area contributed by atoms with E-state index in [1.165, 1.54) is 11.3 Å². The van der Waals surface area contributed by atoms with E-state index in [1.807, 2.05) is 16.7 Å². The van der Waals surface area contributed by atoms with E-state index in [4.69, 9.17) is 16.3 Å². The summed E-state index contributed by atoms with van der Waals surface area (Å²) >= 11 is 7.65. The van der Waals surface area contributed by atoms with Crippen molar-refractivity contribution in [3.05, 3.63) is 63.4 Å². The van der Waals surface area contributed by atoms with Gasteiger partial charge in [-0.1, -0.05) is 41.1 Å². The molecule has 3 aromatic rings. The number of para-hydroxylation sites is 1. The van der Waals surface area contributed by atoms with E-state index in [9.17, 15) is 14.4 Å². The van der Waals surface area contributed by atoms with Crippen LogP contribution in [0.3, 0.4) is 0 Å². The number of carbonyl (C=O) groups excluding carboxylic acids is 3. The Hall–Kier alpha value is -2.81. The van der Waals surface area contributed by atoms with E-state index in [0.717, 1.165) is 15.1 Å². The summed E-state index contributed by atoms with van der Waals surface area (Å²) in [6, 6.07) is 12.0. The molecule has 1 aliphatic rings. The van der Waals surface area contributed by atoms with Crippen molar-refractivity contribution in [1.82, 2.24) is 9.47 Å². The zero-order valence-electron chi connectivity index (χ0n) is 15.4. The molecule has 0 fully saturated rings. The van der Waals surface area contributed by atoms with Gasteiger partial charge >= 0.3 is 0 Å². The van der Waals surface area contributed by atoms with Crippen molar-refractivity contribution in [3.63, 3.8) is 0 Å². The average molecular weight is 430 g/mol. The van der Waals surface area contributed by atoms with Gasteiger partial charge in [0.05, 0.1) is 33.0 Å². The highest BCUT2D eigenvalue weighted by molar-refractivity contribution is 7.16. The Morgan fingerprint density at radius 1 is 1.10 bits per heavy atom. The van der Waals surface area contributed by atoms with E-state index in [1.54, 1.807) is 37.4 Å². The first-order valence-electron chi connectivity index (χ1n) is 8.81. The number of imide groups is 1. The third kappa shape index (κ3) is 3.50. The number of rotatable bonds is 5. The van der Waals surface area contributed by atoms with Gasteiger partial charge in [0.1, 0.15) is 6.54 Å². The quantitative estimate of drug-likeness (QED) is 0.584. The highest BCUT2D eigenvalue weighted by Gasteiger charge is 2.36. The lowest BCUT2D eigenvalue weighted by atomic mass is 10.1. The monoisotopic (exact) mass is 429 g/mol. The van der Waals surface area contributed by atoms with Gasteiger partial charge in [0.15, 0.2) is 4.80 Å². The minimum atomic E-state index is -0.589. The highest BCUT2D eigenvalue weighted by Crippen LogP contribution is 2.25. The molecule has 9 heteroatoms. The van der Waals surface area contributed by atoms with Crippen molar-refractivity contribution in [3.8, 4) is 0 Å². The number of halogens is 1. The van der Waals surface area contributed by atoms with E-state index in [2.05, 4.69) is 4.99 Å². The van der Waals surface area contributed by atoms with Crippen molar-refractivity contribution in [2.45, 2.75) is 6.54 Å². The number of aromatic nitrogens is 1. The second-order valence-electron chi connectivity index (χ2n) is 6.36. The van der Waals surface area contributed by atoms with E-state index >= 15 is 0 Å². The number of fused-ring (bicyclic) bond motifs is 2. The van der Waals surface area contributed by atoms with Gasteiger partial charge in [-0.2, -0.15) is 4.99 Å². The molecule has 0 aliphatic carbocycles. The normalized spacial score (nSPS) is 14.1. The molecule has 2 heterocycles. The number of carbonyl (C=O) groups is 3. The molecule has 0 bridgehead atoms. The van der Waals surface area contributed by atoms with Crippen LogP contribution in [-0.4, -0.2) is 47.4 Å². The molecule has 0 radical (unpaired) electrons. The number of amides is 3. The predicted molar refractivity (Wildman–Crippen MR) is 109 cm³/mol. The number of nitrogens with zero attached hydrogens (tertiary/aromatic N) is 3. The van der Waals surface area contributed by atoms with Crippen LogP contribution in [-0.2, 0) is 16.1 Å². The Kier molecular flexibility index (Phi) is 5.31. The van der Waals surface area contributed by atoms with Gasteiger partial charge in [-0.15, -0.1) is 0 Å². The molecule has 2 aromatic carbocycles. The van der Waals surface area contributed by atoms with Crippen LogP contribution < -0.4 is 4.80 Å². The van der Waals surface area contributed by atoms with Crippen molar-refractivity contribution in [2.75, 3.05) is 20.3 Å². The Bertz CT molecular complexity index is 1180. The summed E-state index contributed by atoms with van der Waals surface area (Å²) in [4.78, 5) is 43.1. The molecular formula is C20H16ClN3O4S. The third-order valence-corrected chi connectivity index (χ3v) is 5.91. The third-order valence-electron chi connectivity index (χ3n) is 4.56. The van der Waals surface area contributed by atoms with Gasteiger partial charge in [-0.3, -0.25) is 19.3 Å². The van der Waals surface area contributed by atoms with Crippen LogP contribution in [0.1, 0.15) is 20.7 Å². The summed E-state index contributed by atoms with van der Waals surface area (Å²) in [5.41, 5.74) is 1.37. The van der Waals surface area contributed by atoms with Crippen LogP contribution in [0.15, 0.2) is 47.5 Å². The SMILES string of the molecule is COCCn1c(=NC(=O)CN2C(=O)c3ccccc3C2=O)sc2cccc(Cl)c21. The lowest BCUT2D eigenvalue weighted by Gasteiger charge is -2.10. The first kappa shape index (κ1) is 19.5. The fourth-order valence-electron chi connectivity index (χ4n) is 3.22. The topological polar surface area (TPSA) is 81.0 Å². The summed E-state index contributed by atoms with van der Waals surface area (Å²) in [6.45, 7) is 0.453. The fraction of sp³-hybridized carbons (Fsp3) is 0.200. The molecule has 1 aliphatic heterocycles. The maximum Gasteiger partial charge on any atom is 0.268 e. The minimum Gasteiger partial charge on any atom is -0.383 e. The van der Waals surface area contributed by atoms with E-state index < -0.39 is 24.3 Å². The summed E-state index contributed by atoms with van der Waals surface area (Å²) < 4.78 is 7.84. The zero-order chi connectivity index (χ0) is 20.5. The maximum atomic E-state index is 12.6. The molecule has 0 unspecified atom stereocenters. The molecule has 29 heavy (non-hydrogen) atoms. The molecule has 0 spiro atoms. The lowest BCUT2D eigenvalue weighted by Crippen LogP contribution is -2.35. The first-order chi connectivity index (χ1) is 14.0. The molecule has 7 nitrogen and oxygen atoms in total. The molecule has 1 aromatic heterocycles. The van der Waals surface area contributed by atoms with Crippen molar-refractivity contribution < 1.29 is 19.1 Å². The second-order valence-corrected chi connectivity index (χ2v) is 7.78. The largest absolute Gasteiger partial charge is 0.383 e. The maximum absolute atomic E-state index is 12.6. The summed E-state index contributed by atoms with van der Waals surface area (Å²) in [6.07, 6.45) is 0. The van der Waals surface area contributed by atoms with Crippen molar-refractivity contribution in [1.29, 1.82) is 0 Å². The number of hydrogen-bond donors (Lipinski definition) is 0. The molecule has 0 N–H and O–H groups in total. The predicted octanol–water partition coefficient (Wildman–Crippen LogP) is 2.73. The van der Waals surface area contributed by atoms with Crippen LogP contribution in [0, 0.1) is 0 Å². The van der Waals surface area contributed by atoms with Gasteiger partial charge in [0.25, 0.3) is 17.7 Å². The van der Waals surface area contributed by atoms with Gasteiger partial charge < -0.3 is 9.30 Å². The summed E-state index contributed by atoms with van der Waals surface area (Å²) in [7, 11) is 1.58. The first-order valence-corrected chi connectivity index (χ1v) is 10.0. The molecular weight excluding hydrogens is 414 g/mol.